The van der Waals surface area contributed by atoms with Crippen LogP contribution in [0.5, 0.6) is 0 Å². The highest BCUT2D eigenvalue weighted by molar-refractivity contribution is 5.95. The molecule has 1 aromatic heterocycles. The number of nitrogens with one attached hydrogen (secondary N) is 1. The SMILES string of the molecule is Cc1c(C(=O)NCCO)cnn1C1CCCC1. The van der Waals surface area contributed by atoms with E-state index in [1.54, 1.807) is 6.20 Å². The van der Waals surface area contributed by atoms with Gasteiger partial charge in [-0.1, -0.05) is 12.8 Å². The van der Waals surface area contributed by atoms with E-state index in [0.717, 1.165) is 18.5 Å². The first-order chi connectivity index (χ1) is 8.24. The van der Waals surface area contributed by atoms with E-state index in [2.05, 4.69) is 10.4 Å². The molecule has 1 heterocycles. The summed E-state index contributed by atoms with van der Waals surface area (Å²) in [5.74, 6) is -0.152. The standard InChI is InChI=1S/C12H19N3O2/c1-9-11(12(17)13-6-7-16)8-14-15(9)10-4-2-3-5-10/h8,10,16H,2-7H2,1H3,(H,13,17). The van der Waals surface area contributed by atoms with Crippen LogP contribution in [0.2, 0.25) is 0 Å². The van der Waals surface area contributed by atoms with Crippen LogP contribution in [-0.2, 0) is 0 Å². The second kappa shape index (κ2) is 5.31. The maximum Gasteiger partial charge on any atom is 0.254 e. The second-order valence-electron chi connectivity index (χ2n) is 4.51. The summed E-state index contributed by atoms with van der Waals surface area (Å²) in [6.07, 6.45) is 6.42. The van der Waals surface area contributed by atoms with Crippen LogP contribution >= 0.6 is 0 Å². The number of aromatic nitrogens is 2. The zero-order chi connectivity index (χ0) is 12.3. The molecular formula is C12H19N3O2. The lowest BCUT2D eigenvalue weighted by Gasteiger charge is -2.12. The molecule has 1 fully saturated rings. The molecule has 2 N–H and O–H groups in total. The van der Waals surface area contributed by atoms with Gasteiger partial charge in [0.15, 0.2) is 0 Å². The normalized spacial score (nSPS) is 16.4. The second-order valence-corrected chi connectivity index (χ2v) is 4.51. The topological polar surface area (TPSA) is 67.2 Å². The lowest BCUT2D eigenvalue weighted by molar-refractivity contribution is 0.0944. The lowest BCUT2D eigenvalue weighted by Crippen LogP contribution is -2.26. The average molecular weight is 237 g/mol. The first-order valence-electron chi connectivity index (χ1n) is 6.17. The van der Waals surface area contributed by atoms with Crippen molar-refractivity contribution in [3.8, 4) is 0 Å². The van der Waals surface area contributed by atoms with Crippen LogP contribution in [0.15, 0.2) is 6.20 Å². The molecule has 2 rings (SSSR count). The molecule has 17 heavy (non-hydrogen) atoms. The maximum atomic E-state index is 11.8. The predicted molar refractivity (Wildman–Crippen MR) is 63.9 cm³/mol. The smallest absolute Gasteiger partial charge is 0.254 e. The van der Waals surface area contributed by atoms with Gasteiger partial charge in [0.25, 0.3) is 5.91 Å². The summed E-state index contributed by atoms with van der Waals surface area (Å²) >= 11 is 0. The van der Waals surface area contributed by atoms with Crippen LogP contribution in [0.4, 0.5) is 0 Å². The van der Waals surface area contributed by atoms with Gasteiger partial charge in [-0.05, 0) is 19.8 Å². The Morgan fingerprint density at radius 1 is 1.59 bits per heavy atom. The zero-order valence-corrected chi connectivity index (χ0v) is 10.1. The summed E-state index contributed by atoms with van der Waals surface area (Å²) in [5.41, 5.74) is 1.54. The van der Waals surface area contributed by atoms with Gasteiger partial charge in [-0.25, -0.2) is 0 Å². The summed E-state index contributed by atoms with van der Waals surface area (Å²) in [4.78, 5) is 11.8. The molecule has 0 aromatic carbocycles. The van der Waals surface area contributed by atoms with E-state index in [-0.39, 0.29) is 19.1 Å². The first kappa shape index (κ1) is 12.1. The number of hydrogen-bond donors (Lipinski definition) is 2. The van der Waals surface area contributed by atoms with E-state index < -0.39 is 0 Å². The third kappa shape index (κ3) is 2.49. The van der Waals surface area contributed by atoms with Gasteiger partial charge >= 0.3 is 0 Å². The van der Waals surface area contributed by atoms with Gasteiger partial charge in [-0.15, -0.1) is 0 Å². The number of aliphatic hydroxyl groups excluding tert-OH is 1. The van der Waals surface area contributed by atoms with Crippen LogP contribution in [0.3, 0.4) is 0 Å². The van der Waals surface area contributed by atoms with Crippen LogP contribution in [0, 0.1) is 6.92 Å². The van der Waals surface area contributed by atoms with Crippen molar-refractivity contribution >= 4 is 5.91 Å². The van der Waals surface area contributed by atoms with E-state index in [4.69, 9.17) is 5.11 Å². The third-order valence-electron chi connectivity index (χ3n) is 3.36. The van der Waals surface area contributed by atoms with Gasteiger partial charge in [0.1, 0.15) is 0 Å². The summed E-state index contributed by atoms with van der Waals surface area (Å²) < 4.78 is 1.97. The molecule has 1 aliphatic rings. The summed E-state index contributed by atoms with van der Waals surface area (Å²) in [7, 11) is 0. The van der Waals surface area contributed by atoms with E-state index >= 15 is 0 Å². The number of carbonyl (C=O) groups excluding carboxylic acids is 1. The van der Waals surface area contributed by atoms with Crippen molar-refractivity contribution in [2.75, 3.05) is 13.2 Å². The third-order valence-corrected chi connectivity index (χ3v) is 3.36. The Morgan fingerprint density at radius 2 is 2.29 bits per heavy atom. The minimum atomic E-state index is -0.152. The Hall–Kier alpha value is -1.36. The number of carbonyl (C=O) groups is 1. The Kier molecular flexibility index (Phi) is 3.78. The highest BCUT2D eigenvalue weighted by atomic mass is 16.3. The number of nitrogens with zero attached hydrogens (tertiary/aromatic N) is 2. The van der Waals surface area contributed by atoms with Crippen molar-refractivity contribution in [3.63, 3.8) is 0 Å². The maximum absolute atomic E-state index is 11.8. The lowest BCUT2D eigenvalue weighted by atomic mass is 10.2. The fraction of sp³-hybridized carbons (Fsp3) is 0.667. The van der Waals surface area contributed by atoms with Gasteiger partial charge in [-0.3, -0.25) is 9.48 Å². The van der Waals surface area contributed by atoms with E-state index in [9.17, 15) is 4.79 Å². The van der Waals surface area contributed by atoms with Gasteiger partial charge < -0.3 is 10.4 Å². The quantitative estimate of drug-likeness (QED) is 0.822. The highest BCUT2D eigenvalue weighted by Gasteiger charge is 2.22. The van der Waals surface area contributed by atoms with Crippen LogP contribution in [0.1, 0.15) is 47.8 Å². The fourth-order valence-corrected chi connectivity index (χ4v) is 2.43. The molecule has 0 radical (unpaired) electrons. The van der Waals surface area contributed by atoms with E-state index in [1.807, 2.05) is 11.6 Å². The number of aliphatic hydroxyl groups is 1. The van der Waals surface area contributed by atoms with Crippen molar-refractivity contribution in [2.24, 2.45) is 0 Å². The summed E-state index contributed by atoms with van der Waals surface area (Å²) in [5, 5.41) is 15.6. The first-order valence-corrected chi connectivity index (χ1v) is 6.17. The minimum Gasteiger partial charge on any atom is -0.395 e. The molecule has 0 atom stereocenters. The molecule has 1 aliphatic carbocycles. The van der Waals surface area contributed by atoms with Crippen molar-refractivity contribution < 1.29 is 9.90 Å². The average Bonchev–Trinajstić information content (AvgIpc) is 2.94. The van der Waals surface area contributed by atoms with Crippen molar-refractivity contribution in [2.45, 2.75) is 38.6 Å². The Bertz CT molecular complexity index is 394. The summed E-state index contributed by atoms with van der Waals surface area (Å²) in [6, 6.07) is 0.453. The predicted octanol–water partition coefficient (Wildman–Crippen LogP) is 1.03. The Labute approximate surface area is 101 Å². The monoisotopic (exact) mass is 237 g/mol. The Morgan fingerprint density at radius 3 is 2.94 bits per heavy atom. The largest absolute Gasteiger partial charge is 0.395 e. The number of amides is 1. The van der Waals surface area contributed by atoms with Crippen LogP contribution < -0.4 is 5.32 Å². The molecule has 0 unspecified atom stereocenters. The van der Waals surface area contributed by atoms with E-state index in [0.29, 0.717) is 11.6 Å². The molecule has 1 aromatic rings. The Balaban J connectivity index is 2.11. The zero-order valence-electron chi connectivity index (χ0n) is 10.1. The number of rotatable bonds is 4. The highest BCUT2D eigenvalue weighted by Crippen LogP contribution is 2.30. The molecule has 1 amide bonds. The van der Waals surface area contributed by atoms with Crippen LogP contribution in [0.25, 0.3) is 0 Å². The molecule has 0 aliphatic heterocycles. The number of hydrogen-bond acceptors (Lipinski definition) is 3. The molecule has 0 bridgehead atoms. The van der Waals surface area contributed by atoms with Gasteiger partial charge in [0, 0.05) is 12.2 Å². The van der Waals surface area contributed by atoms with Gasteiger partial charge in [0.2, 0.25) is 0 Å². The van der Waals surface area contributed by atoms with Crippen molar-refractivity contribution in [3.05, 3.63) is 17.5 Å². The molecular weight excluding hydrogens is 218 g/mol. The molecule has 5 nitrogen and oxygen atoms in total. The molecule has 0 saturated heterocycles. The molecule has 0 spiro atoms. The molecule has 1 saturated carbocycles. The molecule has 94 valence electrons. The van der Waals surface area contributed by atoms with Crippen molar-refractivity contribution in [1.82, 2.24) is 15.1 Å². The minimum absolute atomic E-state index is 0.0401. The van der Waals surface area contributed by atoms with Crippen molar-refractivity contribution in [1.29, 1.82) is 0 Å². The van der Waals surface area contributed by atoms with Crippen LogP contribution in [-0.4, -0.2) is 33.9 Å². The fourth-order valence-electron chi connectivity index (χ4n) is 2.43. The van der Waals surface area contributed by atoms with Gasteiger partial charge in [-0.2, -0.15) is 5.10 Å². The summed E-state index contributed by atoms with van der Waals surface area (Å²) in [6.45, 7) is 2.17. The van der Waals surface area contributed by atoms with E-state index in [1.165, 1.54) is 12.8 Å². The van der Waals surface area contributed by atoms with Gasteiger partial charge in [0.05, 0.1) is 24.4 Å². The molecule has 5 heteroatoms.